The molecular formula is C33H31FN4O6. The van der Waals surface area contributed by atoms with Gasteiger partial charge in [0.15, 0.2) is 0 Å². The van der Waals surface area contributed by atoms with Crippen LogP contribution >= 0.6 is 0 Å². The molecular weight excluding hydrogens is 567 g/mol. The molecule has 4 amide bonds. The molecule has 4 rings (SSSR count). The third-order valence-electron chi connectivity index (χ3n) is 6.60. The molecule has 0 fully saturated rings. The van der Waals surface area contributed by atoms with Crippen molar-refractivity contribution < 1.29 is 33.8 Å². The number of hydrogen-bond acceptors (Lipinski definition) is 6. The summed E-state index contributed by atoms with van der Waals surface area (Å²) in [6.07, 6.45) is 0.138. The van der Waals surface area contributed by atoms with E-state index in [1.165, 1.54) is 36.4 Å². The molecule has 4 aromatic carbocycles. The molecule has 0 unspecified atom stereocenters. The minimum atomic E-state index is -1.13. The summed E-state index contributed by atoms with van der Waals surface area (Å²) in [5.41, 5.74) is 1.97. The summed E-state index contributed by atoms with van der Waals surface area (Å²) in [4.78, 5) is 52.1. The van der Waals surface area contributed by atoms with Gasteiger partial charge in [0.05, 0.1) is 6.54 Å². The molecule has 11 heteroatoms. The lowest BCUT2D eigenvalue weighted by molar-refractivity contribution is -0.128. The molecule has 0 heterocycles. The molecule has 44 heavy (non-hydrogen) atoms. The highest BCUT2D eigenvalue weighted by Gasteiger charge is 2.25. The molecule has 0 bridgehead atoms. The monoisotopic (exact) mass is 598 g/mol. The molecule has 0 saturated carbocycles. The van der Waals surface area contributed by atoms with Crippen molar-refractivity contribution in [2.45, 2.75) is 24.9 Å². The molecule has 0 spiro atoms. The second-order valence-electron chi connectivity index (χ2n) is 9.97. The Labute approximate surface area is 252 Å². The summed E-state index contributed by atoms with van der Waals surface area (Å²) < 4.78 is 13.3. The van der Waals surface area contributed by atoms with E-state index in [2.05, 4.69) is 21.3 Å². The van der Waals surface area contributed by atoms with Gasteiger partial charge in [-0.05, 0) is 71.8 Å². The number of anilines is 1. The molecule has 0 aromatic heterocycles. The van der Waals surface area contributed by atoms with Crippen LogP contribution in [0.25, 0.3) is 0 Å². The van der Waals surface area contributed by atoms with E-state index in [1.54, 1.807) is 54.6 Å². The minimum Gasteiger partial charge on any atom is -0.508 e. The van der Waals surface area contributed by atoms with Gasteiger partial charge in [0.1, 0.15) is 29.4 Å². The van der Waals surface area contributed by atoms with Gasteiger partial charge in [-0.1, -0.05) is 42.5 Å². The first kappa shape index (κ1) is 31.2. The maximum absolute atomic E-state index is 13.3. The lowest BCUT2D eigenvalue weighted by Gasteiger charge is -2.21. The van der Waals surface area contributed by atoms with Crippen molar-refractivity contribution in [1.82, 2.24) is 16.0 Å². The summed E-state index contributed by atoms with van der Waals surface area (Å²) in [6.45, 7) is -0.498. The highest BCUT2D eigenvalue weighted by atomic mass is 19.1. The second kappa shape index (κ2) is 15.0. The SMILES string of the molecule is O=C(CNC(=O)[C@H](Cc1ccc(O)cc1)NC(=O)c1ccc(F)cc1)N[C@@H](Cc1ccc(O)cc1)C(=O)Nc1ccccc1. The van der Waals surface area contributed by atoms with Gasteiger partial charge in [-0.25, -0.2) is 4.39 Å². The number of amides is 4. The van der Waals surface area contributed by atoms with Crippen molar-refractivity contribution >= 4 is 29.3 Å². The molecule has 2 atom stereocenters. The van der Waals surface area contributed by atoms with Crippen LogP contribution in [0.3, 0.4) is 0 Å². The molecule has 0 aliphatic carbocycles. The van der Waals surface area contributed by atoms with Gasteiger partial charge in [-0.3, -0.25) is 19.2 Å². The van der Waals surface area contributed by atoms with Crippen LogP contribution in [0.5, 0.6) is 11.5 Å². The molecule has 10 nitrogen and oxygen atoms in total. The van der Waals surface area contributed by atoms with Gasteiger partial charge in [-0.15, -0.1) is 0 Å². The van der Waals surface area contributed by atoms with Crippen LogP contribution < -0.4 is 21.3 Å². The number of para-hydroxylation sites is 1. The molecule has 226 valence electrons. The fourth-order valence-electron chi connectivity index (χ4n) is 4.28. The molecule has 6 N–H and O–H groups in total. The van der Waals surface area contributed by atoms with Crippen LogP contribution in [-0.4, -0.2) is 52.5 Å². The number of benzene rings is 4. The van der Waals surface area contributed by atoms with Gasteiger partial charge in [0.2, 0.25) is 17.7 Å². The van der Waals surface area contributed by atoms with E-state index in [9.17, 15) is 33.8 Å². The summed E-state index contributed by atoms with van der Waals surface area (Å²) >= 11 is 0. The third kappa shape index (κ3) is 9.41. The van der Waals surface area contributed by atoms with Gasteiger partial charge < -0.3 is 31.5 Å². The molecule has 0 aliphatic rings. The van der Waals surface area contributed by atoms with Crippen molar-refractivity contribution in [1.29, 1.82) is 0 Å². The Morgan fingerprint density at radius 1 is 0.636 bits per heavy atom. The van der Waals surface area contributed by atoms with E-state index < -0.39 is 48.1 Å². The van der Waals surface area contributed by atoms with Crippen molar-refractivity contribution in [2.75, 3.05) is 11.9 Å². The Balaban J connectivity index is 1.43. The standard InChI is InChI=1S/C33H31FN4O6/c34-24-12-10-23(11-13-24)31(42)38-28(18-21-6-14-26(39)15-7-21)32(43)35-20-30(41)37-29(19-22-8-16-27(40)17-9-22)33(44)36-25-4-2-1-3-5-25/h1-17,28-29,39-40H,18-20H2,(H,35,43)(H,36,44)(H,37,41)(H,38,42)/t28-,29-/m0/s1. The topological polar surface area (TPSA) is 157 Å². The normalized spacial score (nSPS) is 11.9. The zero-order valence-electron chi connectivity index (χ0n) is 23.5. The number of halogens is 1. The van der Waals surface area contributed by atoms with Crippen LogP contribution in [0.15, 0.2) is 103 Å². The second-order valence-corrected chi connectivity index (χ2v) is 9.97. The van der Waals surface area contributed by atoms with Gasteiger partial charge in [0, 0.05) is 24.1 Å². The van der Waals surface area contributed by atoms with Gasteiger partial charge in [0.25, 0.3) is 5.91 Å². The molecule has 4 aromatic rings. The number of phenolic OH excluding ortho intramolecular Hbond substituents is 2. The average Bonchev–Trinajstić information content (AvgIpc) is 3.02. The number of phenols is 2. The first-order valence-corrected chi connectivity index (χ1v) is 13.7. The Morgan fingerprint density at radius 3 is 1.70 bits per heavy atom. The molecule has 0 saturated heterocycles. The van der Waals surface area contributed by atoms with Gasteiger partial charge in [-0.2, -0.15) is 0 Å². The highest BCUT2D eigenvalue weighted by molar-refractivity contribution is 5.99. The summed E-state index contributed by atoms with van der Waals surface area (Å²) in [5, 5.41) is 29.7. The minimum absolute atomic E-state index is 0.0277. The lowest BCUT2D eigenvalue weighted by atomic mass is 10.0. The van der Waals surface area contributed by atoms with Crippen molar-refractivity contribution in [3.8, 4) is 11.5 Å². The number of carbonyl (C=O) groups is 4. The fourth-order valence-corrected chi connectivity index (χ4v) is 4.28. The van der Waals surface area contributed by atoms with E-state index in [0.717, 1.165) is 12.1 Å². The van der Waals surface area contributed by atoms with Crippen LogP contribution in [0, 0.1) is 5.82 Å². The number of nitrogens with one attached hydrogen (secondary N) is 4. The predicted octanol–water partition coefficient (Wildman–Crippen LogP) is 3.06. The third-order valence-corrected chi connectivity index (χ3v) is 6.60. The van der Waals surface area contributed by atoms with Crippen molar-refractivity contribution in [2.24, 2.45) is 0 Å². The van der Waals surface area contributed by atoms with Crippen molar-refractivity contribution in [3.05, 3.63) is 126 Å². The number of aromatic hydroxyl groups is 2. The maximum Gasteiger partial charge on any atom is 0.251 e. The predicted molar refractivity (Wildman–Crippen MR) is 161 cm³/mol. The largest absolute Gasteiger partial charge is 0.508 e. The quantitative estimate of drug-likeness (QED) is 0.147. The van der Waals surface area contributed by atoms with E-state index in [0.29, 0.717) is 16.8 Å². The lowest BCUT2D eigenvalue weighted by Crippen LogP contribution is -2.52. The zero-order chi connectivity index (χ0) is 31.5. The van der Waals surface area contributed by atoms with E-state index >= 15 is 0 Å². The Bertz CT molecular complexity index is 1580. The first-order chi connectivity index (χ1) is 21.2. The van der Waals surface area contributed by atoms with Crippen LogP contribution in [0.1, 0.15) is 21.5 Å². The summed E-state index contributed by atoms with van der Waals surface area (Å²) in [5.74, 6) is -2.88. The molecule has 0 aliphatic heterocycles. The van der Waals surface area contributed by atoms with E-state index in [4.69, 9.17) is 0 Å². The van der Waals surface area contributed by atoms with E-state index in [1.807, 2.05) is 0 Å². The fraction of sp³-hybridized carbons (Fsp3) is 0.152. The number of rotatable bonds is 12. The Morgan fingerprint density at radius 2 is 1.16 bits per heavy atom. The van der Waals surface area contributed by atoms with Crippen LogP contribution in [0.4, 0.5) is 10.1 Å². The molecule has 0 radical (unpaired) electrons. The summed E-state index contributed by atoms with van der Waals surface area (Å²) in [7, 11) is 0. The Hall–Kier alpha value is -5.71. The number of hydrogen-bond donors (Lipinski definition) is 6. The average molecular weight is 599 g/mol. The Kier molecular flexibility index (Phi) is 10.6. The van der Waals surface area contributed by atoms with Crippen LogP contribution in [0.2, 0.25) is 0 Å². The maximum atomic E-state index is 13.3. The van der Waals surface area contributed by atoms with Crippen LogP contribution in [-0.2, 0) is 27.2 Å². The van der Waals surface area contributed by atoms with Crippen molar-refractivity contribution in [3.63, 3.8) is 0 Å². The first-order valence-electron chi connectivity index (χ1n) is 13.7. The highest BCUT2D eigenvalue weighted by Crippen LogP contribution is 2.14. The zero-order valence-corrected chi connectivity index (χ0v) is 23.5. The summed E-state index contributed by atoms with van der Waals surface area (Å²) in [6, 6.07) is 23.6. The van der Waals surface area contributed by atoms with E-state index in [-0.39, 0.29) is 29.9 Å². The number of carbonyl (C=O) groups excluding carboxylic acids is 4. The van der Waals surface area contributed by atoms with Gasteiger partial charge >= 0.3 is 0 Å². The smallest absolute Gasteiger partial charge is 0.251 e.